The van der Waals surface area contributed by atoms with Gasteiger partial charge in [-0.25, -0.2) is 4.79 Å². The Morgan fingerprint density at radius 3 is 2.82 bits per heavy atom. The summed E-state index contributed by atoms with van der Waals surface area (Å²) in [6, 6.07) is 8.96. The minimum absolute atomic E-state index is 0.0178. The first-order valence-electron chi connectivity index (χ1n) is 7.02. The smallest absolute Gasteiger partial charge is 0.331 e. The second-order valence-electron chi connectivity index (χ2n) is 5.47. The number of carbonyl (C=O) groups excluding carboxylic acids is 1. The van der Waals surface area contributed by atoms with Crippen LogP contribution in [0.2, 0.25) is 0 Å². The SMILES string of the molecule is Cc1cc(C(=O)NC2(C(=O)O)CCOC2)c2ccccc2n1. The summed E-state index contributed by atoms with van der Waals surface area (Å²) >= 11 is 0. The molecule has 114 valence electrons. The predicted octanol–water partition coefficient (Wildman–Crippen LogP) is 1.52. The molecule has 6 nitrogen and oxygen atoms in total. The monoisotopic (exact) mass is 300 g/mol. The number of carboxylic acids is 1. The minimum Gasteiger partial charge on any atom is -0.479 e. The lowest BCUT2D eigenvalue weighted by molar-refractivity contribution is -0.144. The number of nitrogens with zero attached hydrogens (tertiary/aromatic N) is 1. The molecule has 0 spiro atoms. The number of carbonyl (C=O) groups is 2. The van der Waals surface area contributed by atoms with Gasteiger partial charge in [0.1, 0.15) is 0 Å². The Kier molecular flexibility index (Phi) is 3.54. The maximum absolute atomic E-state index is 12.6. The van der Waals surface area contributed by atoms with E-state index < -0.39 is 17.4 Å². The van der Waals surface area contributed by atoms with Gasteiger partial charge in [-0.1, -0.05) is 18.2 Å². The number of aliphatic carboxylic acids is 1. The van der Waals surface area contributed by atoms with Crippen molar-refractivity contribution >= 4 is 22.8 Å². The van der Waals surface area contributed by atoms with Gasteiger partial charge < -0.3 is 15.2 Å². The van der Waals surface area contributed by atoms with E-state index in [4.69, 9.17) is 4.74 Å². The molecule has 3 rings (SSSR count). The van der Waals surface area contributed by atoms with Gasteiger partial charge >= 0.3 is 5.97 Å². The first-order valence-corrected chi connectivity index (χ1v) is 7.02. The molecule has 1 saturated heterocycles. The molecule has 6 heteroatoms. The van der Waals surface area contributed by atoms with Gasteiger partial charge in [0, 0.05) is 24.1 Å². The van der Waals surface area contributed by atoms with Crippen LogP contribution in [0.3, 0.4) is 0 Å². The normalized spacial score (nSPS) is 21.0. The largest absolute Gasteiger partial charge is 0.479 e. The topological polar surface area (TPSA) is 88.5 Å². The van der Waals surface area contributed by atoms with Gasteiger partial charge in [-0.2, -0.15) is 0 Å². The Morgan fingerprint density at radius 1 is 1.36 bits per heavy atom. The number of pyridine rings is 1. The van der Waals surface area contributed by atoms with E-state index in [2.05, 4.69) is 10.3 Å². The number of para-hydroxylation sites is 1. The summed E-state index contributed by atoms with van der Waals surface area (Å²) in [7, 11) is 0. The summed E-state index contributed by atoms with van der Waals surface area (Å²) in [5.41, 5.74) is 0.487. The van der Waals surface area contributed by atoms with Crippen LogP contribution in [0, 0.1) is 6.92 Å². The fraction of sp³-hybridized carbons (Fsp3) is 0.312. The molecule has 2 heterocycles. The molecule has 1 aromatic carbocycles. The first-order chi connectivity index (χ1) is 10.5. The number of aromatic nitrogens is 1. The quantitative estimate of drug-likeness (QED) is 0.897. The first kappa shape index (κ1) is 14.5. The van der Waals surface area contributed by atoms with E-state index in [0.29, 0.717) is 28.8 Å². The lowest BCUT2D eigenvalue weighted by Gasteiger charge is -2.24. The second kappa shape index (κ2) is 5.38. The molecule has 1 aliphatic rings. The number of carboxylic acid groups (broad SMARTS) is 1. The fourth-order valence-corrected chi connectivity index (χ4v) is 2.67. The van der Waals surface area contributed by atoms with Gasteiger partial charge in [-0.3, -0.25) is 9.78 Å². The van der Waals surface area contributed by atoms with Crippen LogP contribution >= 0.6 is 0 Å². The maximum atomic E-state index is 12.6. The zero-order valence-corrected chi connectivity index (χ0v) is 12.1. The summed E-state index contributed by atoms with van der Waals surface area (Å²) < 4.78 is 5.16. The molecule has 1 unspecified atom stereocenters. The van der Waals surface area contributed by atoms with Crippen molar-refractivity contribution in [3.05, 3.63) is 41.6 Å². The molecule has 22 heavy (non-hydrogen) atoms. The third-order valence-corrected chi connectivity index (χ3v) is 3.87. The highest BCUT2D eigenvalue weighted by Crippen LogP contribution is 2.22. The molecule has 2 aromatic rings. The van der Waals surface area contributed by atoms with Crippen molar-refractivity contribution in [3.63, 3.8) is 0 Å². The van der Waals surface area contributed by atoms with Crippen molar-refractivity contribution in [2.75, 3.05) is 13.2 Å². The molecule has 0 aliphatic carbocycles. The van der Waals surface area contributed by atoms with Gasteiger partial charge in [-0.05, 0) is 19.1 Å². The van der Waals surface area contributed by atoms with Crippen molar-refractivity contribution in [2.24, 2.45) is 0 Å². The van der Waals surface area contributed by atoms with Gasteiger partial charge in [0.2, 0.25) is 0 Å². The van der Waals surface area contributed by atoms with Gasteiger partial charge in [0.15, 0.2) is 5.54 Å². The van der Waals surface area contributed by atoms with E-state index in [-0.39, 0.29) is 13.0 Å². The molecule has 1 atom stereocenters. The highest BCUT2D eigenvalue weighted by molar-refractivity contribution is 6.07. The Labute approximate surface area is 127 Å². The molecule has 1 aliphatic heterocycles. The Morgan fingerprint density at radius 2 is 2.14 bits per heavy atom. The van der Waals surface area contributed by atoms with Crippen LogP contribution in [-0.4, -0.2) is 40.7 Å². The average Bonchev–Trinajstić information content (AvgIpc) is 2.96. The van der Waals surface area contributed by atoms with Crippen molar-refractivity contribution in [1.29, 1.82) is 0 Å². The zero-order chi connectivity index (χ0) is 15.7. The number of amides is 1. The number of fused-ring (bicyclic) bond motifs is 1. The molecule has 1 fully saturated rings. The average molecular weight is 300 g/mol. The van der Waals surface area contributed by atoms with Crippen molar-refractivity contribution < 1.29 is 19.4 Å². The van der Waals surface area contributed by atoms with E-state index >= 15 is 0 Å². The van der Waals surface area contributed by atoms with E-state index in [1.165, 1.54) is 0 Å². The minimum atomic E-state index is -1.35. The van der Waals surface area contributed by atoms with Crippen LogP contribution in [0.15, 0.2) is 30.3 Å². The Bertz CT molecular complexity index is 751. The zero-order valence-electron chi connectivity index (χ0n) is 12.1. The van der Waals surface area contributed by atoms with E-state index in [1.807, 2.05) is 18.2 Å². The summed E-state index contributed by atoms with van der Waals surface area (Å²) in [5.74, 6) is -1.50. The fourth-order valence-electron chi connectivity index (χ4n) is 2.67. The number of hydrogen-bond donors (Lipinski definition) is 2. The number of rotatable bonds is 3. The maximum Gasteiger partial charge on any atom is 0.331 e. The molecule has 1 aromatic heterocycles. The number of benzene rings is 1. The second-order valence-corrected chi connectivity index (χ2v) is 5.47. The number of ether oxygens (including phenoxy) is 1. The lowest BCUT2D eigenvalue weighted by Crippen LogP contribution is -2.55. The van der Waals surface area contributed by atoms with Crippen LogP contribution in [0.25, 0.3) is 10.9 Å². The summed E-state index contributed by atoms with van der Waals surface area (Å²) in [5, 5.41) is 12.8. The molecule has 1 amide bonds. The van der Waals surface area contributed by atoms with Crippen molar-refractivity contribution in [2.45, 2.75) is 18.9 Å². The molecule has 0 radical (unpaired) electrons. The Balaban J connectivity index is 2.00. The van der Waals surface area contributed by atoms with Crippen LogP contribution < -0.4 is 5.32 Å². The van der Waals surface area contributed by atoms with Crippen LogP contribution in [-0.2, 0) is 9.53 Å². The van der Waals surface area contributed by atoms with E-state index in [1.54, 1.807) is 19.1 Å². The molecular formula is C16H16N2O4. The third-order valence-electron chi connectivity index (χ3n) is 3.87. The van der Waals surface area contributed by atoms with Crippen molar-refractivity contribution in [1.82, 2.24) is 10.3 Å². The summed E-state index contributed by atoms with van der Waals surface area (Å²) in [4.78, 5) is 28.5. The lowest BCUT2D eigenvalue weighted by atomic mass is 9.97. The summed E-state index contributed by atoms with van der Waals surface area (Å²) in [6.45, 7) is 2.10. The highest BCUT2D eigenvalue weighted by atomic mass is 16.5. The third kappa shape index (κ3) is 2.42. The molecule has 2 N–H and O–H groups in total. The Hall–Kier alpha value is -2.47. The predicted molar refractivity (Wildman–Crippen MR) is 79.7 cm³/mol. The molecule has 0 bridgehead atoms. The van der Waals surface area contributed by atoms with Gasteiger partial charge in [0.05, 0.1) is 17.7 Å². The molecule has 0 saturated carbocycles. The summed E-state index contributed by atoms with van der Waals surface area (Å²) in [6.07, 6.45) is 0.260. The van der Waals surface area contributed by atoms with Crippen molar-refractivity contribution in [3.8, 4) is 0 Å². The highest BCUT2D eigenvalue weighted by Gasteiger charge is 2.44. The number of nitrogens with one attached hydrogen (secondary N) is 1. The van der Waals surface area contributed by atoms with Crippen LogP contribution in [0.1, 0.15) is 22.5 Å². The van der Waals surface area contributed by atoms with Crippen LogP contribution in [0.4, 0.5) is 0 Å². The van der Waals surface area contributed by atoms with E-state index in [9.17, 15) is 14.7 Å². The number of aryl methyl sites for hydroxylation is 1. The standard InChI is InChI=1S/C16H16N2O4/c1-10-8-12(11-4-2-3-5-13(11)17-10)14(19)18-16(15(20)21)6-7-22-9-16/h2-5,8H,6-7,9H2,1H3,(H,18,19)(H,20,21). The van der Waals surface area contributed by atoms with E-state index in [0.717, 1.165) is 0 Å². The van der Waals surface area contributed by atoms with Gasteiger partial charge in [-0.15, -0.1) is 0 Å². The van der Waals surface area contributed by atoms with Gasteiger partial charge in [0.25, 0.3) is 5.91 Å². The number of hydrogen-bond acceptors (Lipinski definition) is 4. The van der Waals surface area contributed by atoms with Crippen LogP contribution in [0.5, 0.6) is 0 Å². The molecular weight excluding hydrogens is 284 g/mol.